The normalized spacial score (nSPS) is 19.4. The highest BCUT2D eigenvalue weighted by molar-refractivity contribution is 4.91. The molecule has 1 saturated carbocycles. The zero-order chi connectivity index (χ0) is 9.80. The molecule has 1 heterocycles. The lowest BCUT2D eigenvalue weighted by Crippen LogP contribution is -2.17. The fraction of sp³-hybridized carbons (Fsp3) is 0.636. The summed E-state index contributed by atoms with van der Waals surface area (Å²) < 4.78 is 1.87. The van der Waals surface area contributed by atoms with E-state index in [-0.39, 0.29) is 5.92 Å². The number of aromatic nitrogens is 2. The fourth-order valence-electron chi connectivity index (χ4n) is 2.27. The number of hydrogen-bond donors (Lipinski definition) is 0. The molecule has 0 aliphatic heterocycles. The second kappa shape index (κ2) is 4.28. The molecule has 1 aliphatic rings. The first-order valence-electron chi connectivity index (χ1n) is 5.27. The Morgan fingerprint density at radius 2 is 2.29 bits per heavy atom. The minimum atomic E-state index is 0.150. The quantitative estimate of drug-likeness (QED) is 0.731. The zero-order valence-electron chi connectivity index (χ0n) is 8.26. The molecule has 0 aromatic carbocycles. The van der Waals surface area contributed by atoms with Gasteiger partial charge in [0.05, 0.1) is 18.5 Å². The third-order valence-electron chi connectivity index (χ3n) is 3.08. The molecule has 0 spiro atoms. The summed E-state index contributed by atoms with van der Waals surface area (Å²) in [6, 6.07) is 4.33. The van der Waals surface area contributed by atoms with Crippen molar-refractivity contribution in [1.29, 1.82) is 5.26 Å². The molecule has 3 nitrogen and oxygen atoms in total. The Hall–Kier alpha value is -1.30. The predicted molar refractivity (Wildman–Crippen MR) is 53.3 cm³/mol. The Morgan fingerprint density at radius 1 is 1.50 bits per heavy atom. The monoisotopic (exact) mass is 189 g/mol. The summed E-state index contributed by atoms with van der Waals surface area (Å²) in [7, 11) is 0. The van der Waals surface area contributed by atoms with Crippen molar-refractivity contribution >= 4 is 0 Å². The molecule has 0 bridgehead atoms. The van der Waals surface area contributed by atoms with E-state index in [2.05, 4.69) is 11.2 Å². The summed E-state index contributed by atoms with van der Waals surface area (Å²) in [4.78, 5) is 0. The smallest absolute Gasteiger partial charge is 0.0687 e. The Kier molecular flexibility index (Phi) is 2.83. The van der Waals surface area contributed by atoms with E-state index in [4.69, 9.17) is 5.26 Å². The van der Waals surface area contributed by atoms with Crippen LogP contribution in [0.1, 0.15) is 25.7 Å². The average molecular weight is 189 g/mol. The van der Waals surface area contributed by atoms with Crippen LogP contribution in [0.15, 0.2) is 18.5 Å². The lowest BCUT2D eigenvalue weighted by atomic mass is 9.92. The van der Waals surface area contributed by atoms with Gasteiger partial charge in [0, 0.05) is 12.4 Å². The van der Waals surface area contributed by atoms with Crippen molar-refractivity contribution in [3.8, 4) is 6.07 Å². The van der Waals surface area contributed by atoms with E-state index >= 15 is 0 Å². The predicted octanol–water partition coefficient (Wildman–Crippen LogP) is 2.21. The lowest BCUT2D eigenvalue weighted by molar-refractivity contribution is 0.354. The van der Waals surface area contributed by atoms with Crippen LogP contribution in [-0.2, 0) is 6.54 Å². The topological polar surface area (TPSA) is 41.6 Å². The Morgan fingerprint density at radius 3 is 2.86 bits per heavy atom. The molecule has 14 heavy (non-hydrogen) atoms. The Balaban J connectivity index is 1.97. The fourth-order valence-corrected chi connectivity index (χ4v) is 2.27. The number of rotatable bonds is 3. The molecular weight excluding hydrogens is 174 g/mol. The molecule has 1 aromatic rings. The summed E-state index contributed by atoms with van der Waals surface area (Å²) in [5, 5.41) is 13.2. The van der Waals surface area contributed by atoms with Gasteiger partial charge < -0.3 is 0 Å². The molecular formula is C11H15N3. The number of nitrogens with zero attached hydrogens (tertiary/aromatic N) is 3. The Labute approximate surface area is 84.3 Å². The van der Waals surface area contributed by atoms with E-state index in [1.54, 1.807) is 6.20 Å². The molecule has 2 rings (SSSR count). The van der Waals surface area contributed by atoms with Gasteiger partial charge in [0.1, 0.15) is 0 Å². The van der Waals surface area contributed by atoms with Crippen LogP contribution in [-0.4, -0.2) is 9.78 Å². The summed E-state index contributed by atoms with van der Waals surface area (Å²) in [6.45, 7) is 0.758. The van der Waals surface area contributed by atoms with Gasteiger partial charge in [-0.05, 0) is 24.8 Å². The van der Waals surface area contributed by atoms with E-state index in [1.807, 2.05) is 16.9 Å². The maximum atomic E-state index is 9.09. The molecule has 1 aromatic heterocycles. The summed E-state index contributed by atoms with van der Waals surface area (Å²) in [5.41, 5.74) is 0. The Bertz CT molecular complexity index is 304. The standard InChI is InChI=1S/C11H15N3/c12-8-11(10-4-1-2-5-10)9-14-7-3-6-13-14/h3,6-7,10-11H,1-2,4-5,9H2. The van der Waals surface area contributed by atoms with E-state index in [1.165, 1.54) is 25.7 Å². The van der Waals surface area contributed by atoms with E-state index in [0.29, 0.717) is 5.92 Å². The van der Waals surface area contributed by atoms with Crippen molar-refractivity contribution in [3.05, 3.63) is 18.5 Å². The van der Waals surface area contributed by atoms with Gasteiger partial charge in [0.2, 0.25) is 0 Å². The van der Waals surface area contributed by atoms with E-state index in [0.717, 1.165) is 6.54 Å². The van der Waals surface area contributed by atoms with Gasteiger partial charge >= 0.3 is 0 Å². The van der Waals surface area contributed by atoms with Gasteiger partial charge in [0.15, 0.2) is 0 Å². The van der Waals surface area contributed by atoms with Crippen molar-refractivity contribution in [3.63, 3.8) is 0 Å². The molecule has 1 fully saturated rings. The number of nitriles is 1. The van der Waals surface area contributed by atoms with Gasteiger partial charge in [0.25, 0.3) is 0 Å². The van der Waals surface area contributed by atoms with Crippen LogP contribution in [0, 0.1) is 23.2 Å². The molecule has 0 N–H and O–H groups in total. The average Bonchev–Trinajstić information content (AvgIpc) is 2.86. The van der Waals surface area contributed by atoms with Gasteiger partial charge in [-0.25, -0.2) is 0 Å². The molecule has 1 atom stereocenters. The summed E-state index contributed by atoms with van der Waals surface area (Å²) >= 11 is 0. The highest BCUT2D eigenvalue weighted by Crippen LogP contribution is 2.31. The largest absolute Gasteiger partial charge is 0.271 e. The van der Waals surface area contributed by atoms with E-state index in [9.17, 15) is 0 Å². The van der Waals surface area contributed by atoms with Crippen molar-refractivity contribution < 1.29 is 0 Å². The molecule has 1 unspecified atom stereocenters. The lowest BCUT2D eigenvalue weighted by Gasteiger charge is -2.15. The van der Waals surface area contributed by atoms with Crippen molar-refractivity contribution in [2.75, 3.05) is 0 Å². The van der Waals surface area contributed by atoms with Crippen LogP contribution >= 0.6 is 0 Å². The first-order chi connectivity index (χ1) is 6.90. The number of hydrogen-bond acceptors (Lipinski definition) is 2. The SMILES string of the molecule is N#CC(Cn1cccn1)C1CCCC1. The van der Waals surface area contributed by atoms with Crippen LogP contribution in [0.3, 0.4) is 0 Å². The van der Waals surface area contributed by atoms with Crippen molar-refractivity contribution in [1.82, 2.24) is 9.78 Å². The molecule has 0 amide bonds. The molecule has 1 aliphatic carbocycles. The minimum Gasteiger partial charge on any atom is -0.271 e. The molecule has 0 saturated heterocycles. The van der Waals surface area contributed by atoms with Gasteiger partial charge in [-0.2, -0.15) is 10.4 Å². The van der Waals surface area contributed by atoms with Gasteiger partial charge in [-0.1, -0.05) is 12.8 Å². The summed E-state index contributed by atoms with van der Waals surface area (Å²) in [5.74, 6) is 0.751. The third-order valence-corrected chi connectivity index (χ3v) is 3.08. The van der Waals surface area contributed by atoms with Crippen molar-refractivity contribution in [2.45, 2.75) is 32.2 Å². The third kappa shape index (κ3) is 1.95. The molecule has 74 valence electrons. The van der Waals surface area contributed by atoms with E-state index < -0.39 is 0 Å². The highest BCUT2D eigenvalue weighted by Gasteiger charge is 2.25. The van der Waals surface area contributed by atoms with Crippen LogP contribution < -0.4 is 0 Å². The first-order valence-corrected chi connectivity index (χ1v) is 5.27. The van der Waals surface area contributed by atoms with Gasteiger partial charge in [-0.3, -0.25) is 4.68 Å². The van der Waals surface area contributed by atoms with Crippen LogP contribution in [0.25, 0.3) is 0 Å². The zero-order valence-corrected chi connectivity index (χ0v) is 8.26. The minimum absolute atomic E-state index is 0.150. The molecule has 3 heteroatoms. The maximum Gasteiger partial charge on any atom is 0.0687 e. The first kappa shape index (κ1) is 9.26. The van der Waals surface area contributed by atoms with Crippen LogP contribution in [0.5, 0.6) is 0 Å². The maximum absolute atomic E-state index is 9.09. The highest BCUT2D eigenvalue weighted by atomic mass is 15.3. The second-order valence-electron chi connectivity index (χ2n) is 4.01. The van der Waals surface area contributed by atoms with Crippen LogP contribution in [0.4, 0.5) is 0 Å². The molecule has 0 radical (unpaired) electrons. The van der Waals surface area contributed by atoms with Crippen molar-refractivity contribution in [2.24, 2.45) is 11.8 Å². The second-order valence-corrected chi connectivity index (χ2v) is 4.01. The summed E-state index contributed by atoms with van der Waals surface area (Å²) in [6.07, 6.45) is 8.73. The van der Waals surface area contributed by atoms with Gasteiger partial charge in [-0.15, -0.1) is 0 Å². The van der Waals surface area contributed by atoms with Crippen LogP contribution in [0.2, 0.25) is 0 Å².